The highest BCUT2D eigenvalue weighted by Crippen LogP contribution is 2.46. The van der Waals surface area contributed by atoms with Crippen molar-refractivity contribution in [3.05, 3.63) is 40.9 Å². The van der Waals surface area contributed by atoms with E-state index in [-0.39, 0.29) is 43.0 Å². The van der Waals surface area contributed by atoms with E-state index in [0.29, 0.717) is 52.6 Å². The lowest BCUT2D eigenvalue weighted by Gasteiger charge is -2.28. The second-order valence-corrected chi connectivity index (χ2v) is 17.7. The maximum absolute atomic E-state index is 14.2. The molecule has 2 N–H and O–H groups in total. The largest absolute Gasteiger partial charge is 0.496 e. The van der Waals surface area contributed by atoms with Gasteiger partial charge in [0.05, 0.1) is 35.5 Å². The van der Waals surface area contributed by atoms with Crippen molar-refractivity contribution < 1.29 is 32.3 Å². The fourth-order valence-electron chi connectivity index (χ4n) is 7.23. The van der Waals surface area contributed by atoms with Gasteiger partial charge >= 0.3 is 0 Å². The number of nitrogens with one attached hydrogen (secondary N) is 2. The number of amides is 3. The minimum Gasteiger partial charge on any atom is -0.496 e. The van der Waals surface area contributed by atoms with Crippen LogP contribution in [0.3, 0.4) is 0 Å². The zero-order valence-corrected chi connectivity index (χ0v) is 31.8. The summed E-state index contributed by atoms with van der Waals surface area (Å²) in [6.07, 6.45) is 7.81. The predicted octanol–water partition coefficient (Wildman–Crippen LogP) is 4.79. The van der Waals surface area contributed by atoms with Crippen LogP contribution < -0.4 is 19.5 Å². The van der Waals surface area contributed by atoms with Crippen LogP contribution in [0.2, 0.25) is 0 Å². The molecule has 52 heavy (non-hydrogen) atoms. The number of carbonyl (C=O) groups is 3. The average molecular weight is 751 g/mol. The maximum atomic E-state index is 14.2. The summed E-state index contributed by atoms with van der Waals surface area (Å²) in [4.78, 5) is 57.9. The van der Waals surface area contributed by atoms with Crippen molar-refractivity contribution in [2.45, 2.75) is 108 Å². The molecule has 3 fully saturated rings. The Hall–Kier alpha value is -4.11. The molecule has 3 amide bonds. The first-order chi connectivity index (χ1) is 24.8. The van der Waals surface area contributed by atoms with Gasteiger partial charge in [0.1, 0.15) is 23.4 Å². The molecule has 4 heterocycles. The molecule has 1 saturated heterocycles. The molecular formula is C37H46N6O7S2. The van der Waals surface area contributed by atoms with Crippen LogP contribution >= 0.6 is 11.3 Å². The molecule has 0 radical (unpaired) electrons. The summed E-state index contributed by atoms with van der Waals surface area (Å²) in [7, 11) is -2.24. The number of aromatic nitrogens is 3. The number of carbonyl (C=O) groups excluding carboxylic acids is 3. The third-order valence-electron chi connectivity index (χ3n) is 10.7. The summed E-state index contributed by atoms with van der Waals surface area (Å²) < 4.78 is 40.0. The van der Waals surface area contributed by atoms with Gasteiger partial charge in [-0.15, -0.1) is 11.3 Å². The van der Waals surface area contributed by atoms with E-state index in [0.717, 1.165) is 30.5 Å². The Bertz CT molecular complexity index is 2040. The molecule has 13 nitrogen and oxygen atoms in total. The first-order valence-electron chi connectivity index (χ1n) is 18.1. The minimum absolute atomic E-state index is 0.130. The SMILES string of the molecule is COc1ccc2c(O[C@@H]3C[C@H]4C(=O)N[C@]5(C(=O)NS(=O)(=O)C6CC6)CC5/C=C\CCCCC(C)C(=O)N4C3)nc(-c3nc(C(C)C)cs3)nc2c1C. The topological polar surface area (TPSA) is 170 Å². The summed E-state index contributed by atoms with van der Waals surface area (Å²) >= 11 is 1.45. The molecule has 0 bridgehead atoms. The second-order valence-electron chi connectivity index (χ2n) is 14.9. The van der Waals surface area contributed by atoms with Gasteiger partial charge in [-0.3, -0.25) is 19.1 Å². The molecule has 2 aliphatic carbocycles. The molecule has 2 saturated carbocycles. The molecule has 2 unspecified atom stereocenters. The summed E-state index contributed by atoms with van der Waals surface area (Å²) in [5.41, 5.74) is 0.959. The zero-order chi connectivity index (χ0) is 36.9. The average Bonchev–Trinajstić information content (AvgIpc) is 3.98. The minimum atomic E-state index is -3.84. The standard InChI is InChI=1S/C37H46N6O7S2/c1-20(2)27-19-51-34(38-27)31-39-30-22(4)29(49-5)15-14-26(30)33(40-31)50-24-16-28-32(44)41-37(36(46)42-52(47,48)25-12-13-25)17-23(37)11-9-7-6-8-10-21(3)35(45)43(28)18-24/h9,11,14-15,19-21,23-25,28H,6-8,10,12-13,16-18H2,1-5H3,(H,41,44)(H,42,46)/b11-9-/t21?,23?,24-,28+,37-/m1/s1. The normalized spacial score (nSPS) is 27.4. The third-order valence-corrected chi connectivity index (χ3v) is 13.4. The lowest BCUT2D eigenvalue weighted by molar-refractivity contribution is -0.142. The Morgan fingerprint density at radius 3 is 2.63 bits per heavy atom. The first kappa shape index (κ1) is 36.3. The smallest absolute Gasteiger partial charge is 0.259 e. The van der Waals surface area contributed by atoms with Crippen LogP contribution in [0, 0.1) is 18.8 Å². The van der Waals surface area contributed by atoms with Gasteiger partial charge in [-0.25, -0.2) is 18.4 Å². The summed E-state index contributed by atoms with van der Waals surface area (Å²) in [6.45, 7) is 8.07. The first-order valence-corrected chi connectivity index (χ1v) is 20.6. The fourth-order valence-corrected chi connectivity index (χ4v) is 9.50. The number of nitrogens with zero attached hydrogens (tertiary/aromatic N) is 4. The van der Waals surface area contributed by atoms with Gasteiger partial charge in [-0.2, -0.15) is 4.98 Å². The van der Waals surface area contributed by atoms with Crippen molar-refractivity contribution >= 4 is 50.0 Å². The van der Waals surface area contributed by atoms with E-state index in [1.807, 2.05) is 43.5 Å². The van der Waals surface area contributed by atoms with Crippen LogP contribution in [0.4, 0.5) is 0 Å². The Morgan fingerprint density at radius 2 is 1.92 bits per heavy atom. The summed E-state index contributed by atoms with van der Waals surface area (Å²) in [6, 6.07) is 2.73. The van der Waals surface area contributed by atoms with E-state index < -0.39 is 44.8 Å². The van der Waals surface area contributed by atoms with Gasteiger partial charge in [0.2, 0.25) is 27.7 Å². The van der Waals surface area contributed by atoms with Crippen LogP contribution in [0.5, 0.6) is 11.6 Å². The number of benzene rings is 1. The van der Waals surface area contributed by atoms with Crippen LogP contribution in [0.1, 0.15) is 89.3 Å². The Labute approximate surface area is 308 Å². The van der Waals surface area contributed by atoms with E-state index >= 15 is 0 Å². The number of hydrogen-bond donors (Lipinski definition) is 2. The van der Waals surface area contributed by atoms with Gasteiger partial charge in [-0.1, -0.05) is 39.3 Å². The zero-order valence-electron chi connectivity index (χ0n) is 30.2. The van der Waals surface area contributed by atoms with Crippen molar-refractivity contribution in [3.8, 4) is 22.5 Å². The number of sulfonamides is 1. The quantitative estimate of drug-likeness (QED) is 0.305. The lowest BCUT2D eigenvalue weighted by atomic mass is 10.0. The van der Waals surface area contributed by atoms with E-state index in [1.54, 1.807) is 12.0 Å². The van der Waals surface area contributed by atoms with E-state index in [9.17, 15) is 22.8 Å². The van der Waals surface area contributed by atoms with Crippen LogP contribution in [-0.2, 0) is 24.4 Å². The molecular weight excluding hydrogens is 705 g/mol. The number of thiazole rings is 1. The number of fused-ring (bicyclic) bond motifs is 3. The highest BCUT2D eigenvalue weighted by molar-refractivity contribution is 7.91. The van der Waals surface area contributed by atoms with Crippen molar-refractivity contribution in [2.24, 2.45) is 11.8 Å². The van der Waals surface area contributed by atoms with Gasteiger partial charge in [0.25, 0.3) is 5.91 Å². The molecule has 15 heteroatoms. The summed E-state index contributed by atoms with van der Waals surface area (Å²) in [5, 5.41) is 5.62. The molecule has 278 valence electrons. The second kappa shape index (κ2) is 14.0. The Morgan fingerprint density at radius 1 is 1.13 bits per heavy atom. The molecule has 5 atom stereocenters. The number of hydrogen-bond acceptors (Lipinski definition) is 11. The number of rotatable bonds is 8. The molecule has 2 aliphatic heterocycles. The molecule has 2 aromatic heterocycles. The predicted molar refractivity (Wildman–Crippen MR) is 196 cm³/mol. The van der Waals surface area contributed by atoms with Crippen molar-refractivity contribution in [2.75, 3.05) is 13.7 Å². The van der Waals surface area contributed by atoms with E-state index in [2.05, 4.69) is 23.9 Å². The Kier molecular flexibility index (Phi) is 9.78. The van der Waals surface area contributed by atoms with E-state index in [1.165, 1.54) is 11.3 Å². The highest BCUT2D eigenvalue weighted by Gasteiger charge is 2.62. The highest BCUT2D eigenvalue weighted by atomic mass is 32.2. The molecule has 3 aromatic rings. The fraction of sp³-hybridized carbons (Fsp3) is 0.568. The van der Waals surface area contributed by atoms with Crippen molar-refractivity contribution in [3.63, 3.8) is 0 Å². The number of methoxy groups -OCH3 is 1. The van der Waals surface area contributed by atoms with E-state index in [4.69, 9.17) is 24.4 Å². The number of ether oxygens (including phenoxy) is 2. The number of allylic oxidation sites excluding steroid dienone is 1. The van der Waals surface area contributed by atoms with Crippen LogP contribution in [0.25, 0.3) is 21.7 Å². The van der Waals surface area contributed by atoms with Crippen molar-refractivity contribution in [1.82, 2.24) is 29.9 Å². The molecule has 0 spiro atoms. The number of aryl methyl sites for hydroxylation is 1. The monoisotopic (exact) mass is 750 g/mol. The van der Waals surface area contributed by atoms with Crippen LogP contribution in [-0.4, -0.2) is 82.6 Å². The van der Waals surface area contributed by atoms with Crippen LogP contribution in [0.15, 0.2) is 29.7 Å². The lowest BCUT2D eigenvalue weighted by Crippen LogP contribution is -2.57. The van der Waals surface area contributed by atoms with Gasteiger partial charge in [-0.05, 0) is 63.5 Å². The third kappa shape index (κ3) is 7.01. The van der Waals surface area contributed by atoms with Crippen molar-refractivity contribution in [1.29, 1.82) is 0 Å². The Balaban J connectivity index is 1.21. The molecule has 7 rings (SSSR count). The maximum Gasteiger partial charge on any atom is 0.259 e. The van der Waals surface area contributed by atoms with Gasteiger partial charge in [0.15, 0.2) is 10.8 Å². The van der Waals surface area contributed by atoms with Gasteiger partial charge < -0.3 is 19.7 Å². The van der Waals surface area contributed by atoms with Gasteiger partial charge in [0, 0.05) is 29.2 Å². The molecule has 1 aromatic carbocycles. The summed E-state index contributed by atoms with van der Waals surface area (Å²) in [5.74, 6) is -0.529. The molecule has 4 aliphatic rings.